The Kier molecular flexibility index (Phi) is 7.17. The molecule has 9 heteroatoms. The van der Waals surface area contributed by atoms with E-state index in [2.05, 4.69) is 56.7 Å². The molecule has 1 aliphatic rings. The number of aryl methyl sites for hydroxylation is 1. The summed E-state index contributed by atoms with van der Waals surface area (Å²) in [5, 5.41) is 0.942. The molecular formula is C24H26Br2N2O4S. The summed E-state index contributed by atoms with van der Waals surface area (Å²) in [6.45, 7) is 8.83. The third-order valence-corrected chi connectivity index (χ3v) is 9.46. The van der Waals surface area contributed by atoms with Crippen LogP contribution in [-0.4, -0.2) is 43.8 Å². The minimum absolute atomic E-state index is 0.258. The molecule has 0 bridgehead atoms. The number of nitrogens with zero attached hydrogens (tertiary/aromatic N) is 2. The highest BCUT2D eigenvalue weighted by molar-refractivity contribution is 9.11. The van der Waals surface area contributed by atoms with E-state index in [0.717, 1.165) is 16.5 Å². The van der Waals surface area contributed by atoms with Crippen molar-refractivity contribution >= 4 is 52.9 Å². The van der Waals surface area contributed by atoms with Gasteiger partial charge in [-0.05, 0) is 75.8 Å². The third kappa shape index (κ3) is 5.12. The van der Waals surface area contributed by atoms with Crippen LogP contribution in [0.15, 0.2) is 59.5 Å². The minimum Gasteiger partial charge on any atom is -0.423 e. The summed E-state index contributed by atoms with van der Waals surface area (Å²) in [7, 11) is -3.61. The number of hydrogen-bond acceptors (Lipinski definition) is 5. The summed E-state index contributed by atoms with van der Waals surface area (Å²) in [5.74, 6) is 0.361. The van der Waals surface area contributed by atoms with Gasteiger partial charge in [0, 0.05) is 53.1 Å². The molecule has 1 saturated heterocycles. The first-order valence-electron chi connectivity index (χ1n) is 10.8. The highest BCUT2D eigenvalue weighted by Gasteiger charge is 2.30. The fourth-order valence-electron chi connectivity index (χ4n) is 4.33. The van der Waals surface area contributed by atoms with Crippen LogP contribution in [0, 0.1) is 6.92 Å². The topological polar surface area (TPSA) is 70.8 Å². The van der Waals surface area contributed by atoms with E-state index in [1.807, 2.05) is 13.0 Å². The van der Waals surface area contributed by atoms with Crippen molar-refractivity contribution in [3.05, 3.63) is 72.5 Å². The number of fused-ring (bicyclic) bond motifs is 1. The van der Waals surface area contributed by atoms with Crippen LogP contribution in [0.2, 0.25) is 0 Å². The van der Waals surface area contributed by atoms with Crippen molar-refractivity contribution in [2.45, 2.75) is 38.1 Å². The molecule has 2 aromatic carbocycles. The van der Waals surface area contributed by atoms with Gasteiger partial charge in [-0.3, -0.25) is 4.90 Å². The molecule has 2 heterocycles. The van der Waals surface area contributed by atoms with Crippen LogP contribution >= 0.6 is 31.9 Å². The van der Waals surface area contributed by atoms with Crippen molar-refractivity contribution in [3.8, 4) is 0 Å². The maximum atomic E-state index is 13.2. The lowest BCUT2D eigenvalue weighted by Gasteiger charge is -2.34. The van der Waals surface area contributed by atoms with E-state index in [4.69, 9.17) is 4.42 Å². The minimum atomic E-state index is -3.61. The number of sulfonamides is 1. The van der Waals surface area contributed by atoms with Gasteiger partial charge in [-0.1, -0.05) is 29.8 Å². The van der Waals surface area contributed by atoms with Crippen molar-refractivity contribution in [3.63, 3.8) is 0 Å². The maximum absolute atomic E-state index is 13.2. The van der Waals surface area contributed by atoms with Gasteiger partial charge in [0.05, 0.1) is 4.90 Å². The lowest BCUT2D eigenvalue weighted by molar-refractivity contribution is 0.182. The SMILES string of the molecule is Cc1cc2oc(=O)cc(CN3CCN(S(=O)(=O)c4cc(Br)ccc4Br)CC3)c2cc1C(C)C. The van der Waals surface area contributed by atoms with Crippen LogP contribution in [0.25, 0.3) is 11.0 Å². The lowest BCUT2D eigenvalue weighted by atomic mass is 9.95. The molecule has 0 aliphatic carbocycles. The van der Waals surface area contributed by atoms with Crippen molar-refractivity contribution in [1.82, 2.24) is 9.21 Å². The van der Waals surface area contributed by atoms with Gasteiger partial charge < -0.3 is 4.42 Å². The van der Waals surface area contributed by atoms with Crippen LogP contribution in [0.3, 0.4) is 0 Å². The van der Waals surface area contributed by atoms with Gasteiger partial charge in [-0.15, -0.1) is 0 Å². The molecule has 1 aromatic heterocycles. The quantitative estimate of drug-likeness (QED) is 0.375. The van der Waals surface area contributed by atoms with E-state index in [1.54, 1.807) is 24.3 Å². The molecule has 1 aliphatic heterocycles. The van der Waals surface area contributed by atoms with E-state index in [9.17, 15) is 13.2 Å². The molecular weight excluding hydrogens is 572 g/mol. The zero-order chi connectivity index (χ0) is 23.9. The van der Waals surface area contributed by atoms with E-state index < -0.39 is 10.0 Å². The summed E-state index contributed by atoms with van der Waals surface area (Å²) in [4.78, 5) is 14.6. The summed E-state index contributed by atoms with van der Waals surface area (Å²) in [6.07, 6.45) is 0. The first-order valence-corrected chi connectivity index (χ1v) is 13.8. The second-order valence-corrected chi connectivity index (χ2v) is 12.4. The molecule has 4 rings (SSSR count). The molecule has 0 unspecified atom stereocenters. The fraction of sp³-hybridized carbons (Fsp3) is 0.375. The van der Waals surface area contributed by atoms with Gasteiger partial charge in [0.15, 0.2) is 0 Å². The van der Waals surface area contributed by atoms with Gasteiger partial charge in [-0.25, -0.2) is 13.2 Å². The van der Waals surface area contributed by atoms with Crippen LogP contribution in [-0.2, 0) is 16.6 Å². The Labute approximate surface area is 210 Å². The standard InChI is InChI=1S/C24H26Br2N2O4S/c1-15(2)19-13-20-17(11-24(29)32-22(20)10-16(19)3)14-27-6-8-28(9-7-27)33(30,31)23-12-18(25)4-5-21(23)26/h4-5,10-13,15H,6-9,14H2,1-3H3. The Hall–Kier alpha value is -1.52. The van der Waals surface area contributed by atoms with Crippen LogP contribution in [0.5, 0.6) is 0 Å². The number of piperazine rings is 1. The zero-order valence-electron chi connectivity index (χ0n) is 18.8. The molecule has 0 spiro atoms. The largest absolute Gasteiger partial charge is 0.423 e. The average molecular weight is 598 g/mol. The van der Waals surface area contributed by atoms with Crippen LogP contribution < -0.4 is 5.63 Å². The summed E-state index contributed by atoms with van der Waals surface area (Å²) < 4.78 is 34.6. The Bertz CT molecular complexity index is 1360. The maximum Gasteiger partial charge on any atom is 0.336 e. The third-order valence-electron chi connectivity index (χ3n) is 6.08. The van der Waals surface area contributed by atoms with E-state index in [0.29, 0.717) is 53.2 Å². The lowest BCUT2D eigenvalue weighted by Crippen LogP contribution is -2.48. The predicted molar refractivity (Wildman–Crippen MR) is 137 cm³/mol. The van der Waals surface area contributed by atoms with Gasteiger partial charge in [0.2, 0.25) is 10.0 Å². The molecule has 0 radical (unpaired) electrons. The summed E-state index contributed by atoms with van der Waals surface area (Å²) in [5.41, 5.74) is 3.48. The second kappa shape index (κ2) is 9.62. The summed E-state index contributed by atoms with van der Waals surface area (Å²) >= 11 is 6.72. The molecule has 1 fully saturated rings. The number of benzene rings is 2. The molecule has 176 valence electrons. The Balaban J connectivity index is 1.55. The average Bonchev–Trinajstić information content (AvgIpc) is 2.75. The van der Waals surface area contributed by atoms with E-state index in [-0.39, 0.29) is 10.5 Å². The molecule has 6 nitrogen and oxygen atoms in total. The van der Waals surface area contributed by atoms with Crippen LogP contribution in [0.1, 0.15) is 36.5 Å². The predicted octanol–water partition coefficient (Wildman–Crippen LogP) is 5.26. The van der Waals surface area contributed by atoms with Gasteiger partial charge in [0.25, 0.3) is 0 Å². The molecule has 0 amide bonds. The Morgan fingerprint density at radius 3 is 2.39 bits per heavy atom. The highest BCUT2D eigenvalue weighted by Crippen LogP contribution is 2.30. The van der Waals surface area contributed by atoms with E-state index in [1.165, 1.54) is 9.87 Å². The second-order valence-electron chi connectivity index (χ2n) is 8.71. The van der Waals surface area contributed by atoms with Crippen molar-refractivity contribution in [1.29, 1.82) is 0 Å². The van der Waals surface area contributed by atoms with Gasteiger partial charge in [-0.2, -0.15) is 4.31 Å². The molecule has 0 atom stereocenters. The fourth-order valence-corrected chi connectivity index (χ4v) is 7.21. The molecule has 3 aromatic rings. The first kappa shape index (κ1) is 24.6. The normalized spacial score (nSPS) is 16.1. The van der Waals surface area contributed by atoms with Crippen LogP contribution in [0.4, 0.5) is 0 Å². The smallest absolute Gasteiger partial charge is 0.336 e. The zero-order valence-corrected chi connectivity index (χ0v) is 22.8. The highest BCUT2D eigenvalue weighted by atomic mass is 79.9. The van der Waals surface area contributed by atoms with Crippen molar-refractivity contribution in [2.75, 3.05) is 26.2 Å². The number of hydrogen-bond donors (Lipinski definition) is 0. The Morgan fingerprint density at radius 2 is 1.73 bits per heavy atom. The van der Waals surface area contributed by atoms with Crippen molar-refractivity contribution < 1.29 is 12.8 Å². The number of rotatable bonds is 5. The number of halogens is 2. The first-order chi connectivity index (χ1) is 15.6. The Morgan fingerprint density at radius 1 is 1.03 bits per heavy atom. The van der Waals surface area contributed by atoms with E-state index >= 15 is 0 Å². The van der Waals surface area contributed by atoms with Crippen molar-refractivity contribution in [2.24, 2.45) is 0 Å². The molecule has 0 saturated carbocycles. The van der Waals surface area contributed by atoms with Gasteiger partial charge in [0.1, 0.15) is 5.58 Å². The monoisotopic (exact) mass is 596 g/mol. The molecule has 0 N–H and O–H groups in total. The molecule has 33 heavy (non-hydrogen) atoms. The van der Waals surface area contributed by atoms with Gasteiger partial charge >= 0.3 is 5.63 Å². The summed E-state index contributed by atoms with van der Waals surface area (Å²) in [6, 6.07) is 10.8.